The zero-order chi connectivity index (χ0) is 17.3. The predicted molar refractivity (Wildman–Crippen MR) is 84.2 cm³/mol. The van der Waals surface area contributed by atoms with E-state index in [1.807, 2.05) is 0 Å². The fraction of sp³-hybridized carbons (Fsp3) is 0.412. The van der Waals surface area contributed by atoms with E-state index in [0.717, 1.165) is 18.5 Å². The van der Waals surface area contributed by atoms with Crippen LogP contribution in [0.2, 0.25) is 0 Å². The van der Waals surface area contributed by atoms with Crippen LogP contribution >= 0.6 is 0 Å². The lowest BCUT2D eigenvalue weighted by Crippen LogP contribution is -2.25. The van der Waals surface area contributed by atoms with E-state index < -0.39 is 6.61 Å². The highest BCUT2D eigenvalue weighted by Gasteiger charge is 2.28. The minimum absolute atomic E-state index is 0.104. The fourth-order valence-electron chi connectivity index (χ4n) is 2.66. The van der Waals surface area contributed by atoms with Crippen molar-refractivity contribution in [2.45, 2.75) is 38.8 Å². The van der Waals surface area contributed by atoms with Gasteiger partial charge in [-0.3, -0.25) is 9.48 Å². The number of halogens is 2. The van der Waals surface area contributed by atoms with Crippen LogP contribution in [0.3, 0.4) is 0 Å². The Morgan fingerprint density at radius 3 is 2.88 bits per heavy atom. The van der Waals surface area contributed by atoms with E-state index in [-0.39, 0.29) is 18.2 Å². The van der Waals surface area contributed by atoms with E-state index >= 15 is 0 Å². The van der Waals surface area contributed by atoms with Crippen LogP contribution in [0.25, 0.3) is 0 Å². The Labute approximate surface area is 138 Å². The van der Waals surface area contributed by atoms with Crippen LogP contribution in [0, 0.1) is 6.92 Å². The maximum absolute atomic E-state index is 12.6. The van der Waals surface area contributed by atoms with Gasteiger partial charge in [0, 0.05) is 25.1 Å². The molecule has 2 aromatic rings. The van der Waals surface area contributed by atoms with Gasteiger partial charge >= 0.3 is 6.61 Å². The molecule has 5 nitrogen and oxygen atoms in total. The van der Waals surface area contributed by atoms with Crippen LogP contribution in [0.1, 0.15) is 46.1 Å². The lowest BCUT2D eigenvalue weighted by Gasteiger charge is -2.14. The highest BCUT2D eigenvalue weighted by atomic mass is 19.3. The second-order valence-electron chi connectivity index (χ2n) is 5.98. The van der Waals surface area contributed by atoms with E-state index in [1.54, 1.807) is 42.9 Å². The minimum Gasteiger partial charge on any atom is -0.434 e. The number of rotatable bonds is 6. The van der Waals surface area contributed by atoms with Gasteiger partial charge in [-0.25, -0.2) is 0 Å². The monoisotopic (exact) mass is 335 g/mol. The van der Waals surface area contributed by atoms with Gasteiger partial charge in [-0.2, -0.15) is 13.9 Å². The third kappa shape index (κ3) is 3.55. The van der Waals surface area contributed by atoms with E-state index in [0.29, 0.717) is 22.7 Å². The molecule has 0 aliphatic heterocycles. The molecule has 0 spiro atoms. The topological polar surface area (TPSA) is 56.2 Å². The Morgan fingerprint density at radius 2 is 2.21 bits per heavy atom. The van der Waals surface area contributed by atoms with E-state index in [9.17, 15) is 13.6 Å². The van der Waals surface area contributed by atoms with Gasteiger partial charge in [0.2, 0.25) is 0 Å². The summed E-state index contributed by atoms with van der Waals surface area (Å²) in [6, 6.07) is 6.88. The van der Waals surface area contributed by atoms with E-state index in [4.69, 9.17) is 0 Å². The van der Waals surface area contributed by atoms with Gasteiger partial charge in [-0.05, 0) is 31.4 Å². The molecule has 0 atom stereocenters. The summed E-state index contributed by atoms with van der Waals surface area (Å²) >= 11 is 0. The highest BCUT2D eigenvalue weighted by molar-refractivity contribution is 5.92. The number of hydrogen-bond donors (Lipinski definition) is 1. The van der Waals surface area contributed by atoms with Crippen molar-refractivity contribution in [3.8, 4) is 5.75 Å². The van der Waals surface area contributed by atoms with E-state index in [1.165, 1.54) is 0 Å². The maximum Gasteiger partial charge on any atom is 0.387 e. The molecule has 1 N–H and O–H groups in total. The van der Waals surface area contributed by atoms with Gasteiger partial charge in [0.05, 0.1) is 5.69 Å². The standard InChI is InChI=1S/C17H19F2N3O2/c1-10-4-3-5-12(15(10)24-17(18)19)9-20-16(23)14-8-13(11-6-7-11)21-22(14)2/h3-5,8,11,17H,6-7,9H2,1-2H3,(H,20,23). The zero-order valence-corrected chi connectivity index (χ0v) is 13.6. The molecular weight excluding hydrogens is 316 g/mol. The molecule has 1 aliphatic carbocycles. The quantitative estimate of drug-likeness (QED) is 0.882. The van der Waals surface area contributed by atoms with Gasteiger partial charge in [-0.15, -0.1) is 0 Å². The summed E-state index contributed by atoms with van der Waals surface area (Å²) in [6.07, 6.45) is 2.21. The molecule has 1 aromatic heterocycles. The lowest BCUT2D eigenvalue weighted by molar-refractivity contribution is -0.0509. The number of benzene rings is 1. The van der Waals surface area contributed by atoms with Crippen molar-refractivity contribution in [2.24, 2.45) is 7.05 Å². The molecule has 0 saturated heterocycles. The number of nitrogens with one attached hydrogen (secondary N) is 1. The van der Waals surface area contributed by atoms with Gasteiger partial charge in [0.1, 0.15) is 11.4 Å². The van der Waals surface area contributed by atoms with Crippen molar-refractivity contribution in [2.75, 3.05) is 0 Å². The van der Waals surface area contributed by atoms with Crippen molar-refractivity contribution in [1.82, 2.24) is 15.1 Å². The first-order valence-corrected chi connectivity index (χ1v) is 7.81. The average molecular weight is 335 g/mol. The Bertz CT molecular complexity index is 754. The van der Waals surface area contributed by atoms with Gasteiger partial charge in [-0.1, -0.05) is 18.2 Å². The molecular formula is C17H19F2N3O2. The molecule has 3 rings (SSSR count). The number of nitrogens with zero attached hydrogens (tertiary/aromatic N) is 2. The van der Waals surface area contributed by atoms with E-state index in [2.05, 4.69) is 15.2 Å². The second-order valence-corrected chi connectivity index (χ2v) is 5.98. The highest BCUT2D eigenvalue weighted by Crippen LogP contribution is 2.39. The summed E-state index contributed by atoms with van der Waals surface area (Å²) < 4.78 is 31.3. The molecule has 0 bridgehead atoms. The second kappa shape index (κ2) is 6.59. The number of aryl methyl sites for hydroxylation is 2. The normalized spacial score (nSPS) is 14.0. The summed E-state index contributed by atoms with van der Waals surface area (Å²) in [5.74, 6) is 0.276. The average Bonchev–Trinajstić information content (AvgIpc) is 3.30. The van der Waals surface area contributed by atoms with Gasteiger partial charge < -0.3 is 10.1 Å². The SMILES string of the molecule is Cc1cccc(CNC(=O)c2cc(C3CC3)nn2C)c1OC(F)F. The molecule has 1 saturated carbocycles. The molecule has 1 amide bonds. The molecule has 128 valence electrons. The van der Waals surface area contributed by atoms with Crippen molar-refractivity contribution >= 4 is 5.91 Å². The first-order chi connectivity index (χ1) is 11.5. The first-order valence-electron chi connectivity index (χ1n) is 7.81. The number of carbonyl (C=O) groups excluding carboxylic acids is 1. The summed E-state index contributed by atoms with van der Waals surface area (Å²) in [6.45, 7) is -1.11. The van der Waals surface area contributed by atoms with Crippen molar-refractivity contribution in [3.05, 3.63) is 46.8 Å². The summed E-state index contributed by atoms with van der Waals surface area (Å²) in [5, 5.41) is 7.10. The Morgan fingerprint density at radius 1 is 1.46 bits per heavy atom. The molecule has 1 fully saturated rings. The third-order valence-corrected chi connectivity index (χ3v) is 4.07. The third-order valence-electron chi connectivity index (χ3n) is 4.07. The largest absolute Gasteiger partial charge is 0.434 e. The van der Waals surface area contributed by atoms with Crippen LogP contribution in [0.4, 0.5) is 8.78 Å². The van der Waals surface area contributed by atoms with Crippen molar-refractivity contribution in [1.29, 1.82) is 0 Å². The molecule has 7 heteroatoms. The van der Waals surface area contributed by atoms with Crippen LogP contribution < -0.4 is 10.1 Å². The smallest absolute Gasteiger partial charge is 0.387 e. The summed E-state index contributed by atoms with van der Waals surface area (Å²) in [4.78, 5) is 12.4. The Hall–Kier alpha value is -2.44. The number of amides is 1. The van der Waals surface area contributed by atoms with Crippen LogP contribution in [-0.4, -0.2) is 22.3 Å². The number of para-hydroxylation sites is 1. The number of hydrogen-bond acceptors (Lipinski definition) is 3. The van der Waals surface area contributed by atoms with Gasteiger partial charge in [0.15, 0.2) is 0 Å². The first kappa shape index (κ1) is 16.4. The fourth-order valence-corrected chi connectivity index (χ4v) is 2.66. The molecule has 0 unspecified atom stereocenters. The van der Waals surface area contributed by atoms with Crippen molar-refractivity contribution < 1.29 is 18.3 Å². The lowest BCUT2D eigenvalue weighted by atomic mass is 10.1. The number of ether oxygens (including phenoxy) is 1. The Balaban J connectivity index is 1.71. The number of aromatic nitrogens is 2. The molecule has 24 heavy (non-hydrogen) atoms. The molecule has 1 aromatic carbocycles. The molecule has 1 heterocycles. The van der Waals surface area contributed by atoms with Gasteiger partial charge in [0.25, 0.3) is 5.91 Å². The molecule has 0 radical (unpaired) electrons. The maximum atomic E-state index is 12.6. The number of carbonyl (C=O) groups is 1. The number of alkyl halides is 2. The Kier molecular flexibility index (Phi) is 4.51. The summed E-state index contributed by atoms with van der Waals surface area (Å²) in [7, 11) is 1.72. The van der Waals surface area contributed by atoms with Crippen LogP contribution in [0.5, 0.6) is 5.75 Å². The molecule has 1 aliphatic rings. The predicted octanol–water partition coefficient (Wildman–Crippen LogP) is 3.14. The minimum atomic E-state index is -2.90. The van der Waals surface area contributed by atoms with Crippen LogP contribution in [-0.2, 0) is 13.6 Å². The zero-order valence-electron chi connectivity index (χ0n) is 13.6. The van der Waals surface area contributed by atoms with Crippen molar-refractivity contribution in [3.63, 3.8) is 0 Å². The van der Waals surface area contributed by atoms with Crippen LogP contribution in [0.15, 0.2) is 24.3 Å². The summed E-state index contributed by atoms with van der Waals surface area (Å²) in [5.41, 5.74) is 2.49.